The Kier molecular flexibility index (Phi) is 5.04. The fraction of sp³-hybridized carbons (Fsp3) is 0.562. The zero-order valence-electron chi connectivity index (χ0n) is 12.3. The van der Waals surface area contributed by atoms with E-state index < -0.39 is 15.8 Å². The Balaban J connectivity index is 1.97. The van der Waals surface area contributed by atoms with Crippen molar-refractivity contribution >= 4 is 15.8 Å². The van der Waals surface area contributed by atoms with Crippen LogP contribution in [0.5, 0.6) is 0 Å². The highest BCUT2D eigenvalue weighted by molar-refractivity contribution is 7.92. The quantitative estimate of drug-likeness (QED) is 0.906. The van der Waals surface area contributed by atoms with Crippen molar-refractivity contribution in [3.63, 3.8) is 0 Å². The van der Waals surface area contributed by atoms with E-state index in [1.54, 1.807) is 12.1 Å². The van der Waals surface area contributed by atoms with Crippen LogP contribution in [0.4, 0.5) is 0 Å². The van der Waals surface area contributed by atoms with E-state index in [4.69, 9.17) is 5.11 Å². The minimum absolute atomic E-state index is 0.181. The number of hydrogen-bond donors (Lipinski definition) is 1. The van der Waals surface area contributed by atoms with Crippen LogP contribution in [-0.2, 0) is 14.6 Å². The molecule has 0 amide bonds. The molecule has 1 N–H and O–H groups in total. The molecule has 0 atom stereocenters. The molecule has 1 aromatic rings. The van der Waals surface area contributed by atoms with Gasteiger partial charge in [-0.15, -0.1) is 0 Å². The molecule has 5 heteroatoms. The van der Waals surface area contributed by atoms with Crippen LogP contribution < -0.4 is 0 Å². The van der Waals surface area contributed by atoms with Gasteiger partial charge in [-0.1, -0.05) is 17.7 Å². The van der Waals surface area contributed by atoms with Crippen LogP contribution in [0.15, 0.2) is 29.2 Å². The van der Waals surface area contributed by atoms with Crippen LogP contribution in [0.2, 0.25) is 0 Å². The summed E-state index contributed by atoms with van der Waals surface area (Å²) in [6.07, 6.45) is 3.74. The number of carbonyl (C=O) groups is 1. The molecule has 0 radical (unpaired) electrons. The lowest BCUT2D eigenvalue weighted by Crippen LogP contribution is -2.27. The van der Waals surface area contributed by atoms with E-state index in [2.05, 4.69) is 0 Å². The Hall–Kier alpha value is -1.36. The number of carboxylic acids is 1. The van der Waals surface area contributed by atoms with E-state index in [9.17, 15) is 13.2 Å². The van der Waals surface area contributed by atoms with Crippen molar-refractivity contribution in [2.45, 2.75) is 55.6 Å². The van der Waals surface area contributed by atoms with Crippen molar-refractivity contribution < 1.29 is 18.3 Å². The smallest absolute Gasteiger partial charge is 0.303 e. The van der Waals surface area contributed by atoms with Crippen LogP contribution in [-0.4, -0.2) is 24.7 Å². The van der Waals surface area contributed by atoms with Crippen molar-refractivity contribution in [1.29, 1.82) is 0 Å². The lowest BCUT2D eigenvalue weighted by Gasteiger charge is -2.28. The summed E-state index contributed by atoms with van der Waals surface area (Å²) in [5.74, 6) is -0.421. The predicted octanol–water partition coefficient (Wildman–Crippen LogP) is 3.19. The SMILES string of the molecule is Cc1ccc(S(=O)(=O)C2CCC(CCC(=O)O)CC2)cc1. The molecule has 1 aliphatic rings. The number of hydrogen-bond acceptors (Lipinski definition) is 3. The van der Waals surface area contributed by atoms with Gasteiger partial charge in [0.25, 0.3) is 0 Å². The molecule has 1 fully saturated rings. The van der Waals surface area contributed by atoms with Crippen molar-refractivity contribution in [3.8, 4) is 0 Å². The Morgan fingerprint density at radius 2 is 1.71 bits per heavy atom. The van der Waals surface area contributed by atoms with E-state index in [0.29, 0.717) is 30.1 Å². The molecular weight excluding hydrogens is 288 g/mol. The van der Waals surface area contributed by atoms with Gasteiger partial charge >= 0.3 is 5.97 Å². The summed E-state index contributed by atoms with van der Waals surface area (Å²) in [7, 11) is -3.25. The average molecular weight is 310 g/mol. The lowest BCUT2D eigenvalue weighted by molar-refractivity contribution is -0.137. The van der Waals surface area contributed by atoms with Crippen molar-refractivity contribution in [2.24, 2.45) is 5.92 Å². The molecule has 1 aliphatic carbocycles. The molecule has 4 nitrogen and oxygen atoms in total. The first-order chi connectivity index (χ1) is 9.89. The maximum atomic E-state index is 12.6. The minimum Gasteiger partial charge on any atom is -0.481 e. The number of aliphatic carboxylic acids is 1. The van der Waals surface area contributed by atoms with Gasteiger partial charge in [-0.3, -0.25) is 4.79 Å². The number of benzene rings is 1. The first kappa shape index (κ1) is 16.0. The molecule has 21 heavy (non-hydrogen) atoms. The predicted molar refractivity (Wildman–Crippen MR) is 81.0 cm³/mol. The summed E-state index contributed by atoms with van der Waals surface area (Å²) in [6, 6.07) is 7.01. The van der Waals surface area contributed by atoms with Crippen LogP contribution in [0, 0.1) is 12.8 Å². The maximum absolute atomic E-state index is 12.6. The molecule has 0 saturated heterocycles. The molecule has 2 rings (SSSR count). The minimum atomic E-state index is -3.25. The van der Waals surface area contributed by atoms with E-state index in [0.717, 1.165) is 18.4 Å². The summed E-state index contributed by atoms with van der Waals surface area (Å²) >= 11 is 0. The second-order valence-corrected chi connectivity index (χ2v) is 8.16. The molecule has 1 saturated carbocycles. The van der Waals surface area contributed by atoms with Crippen molar-refractivity contribution in [1.82, 2.24) is 0 Å². The third kappa shape index (κ3) is 4.06. The van der Waals surface area contributed by atoms with Gasteiger partial charge in [-0.05, 0) is 57.1 Å². The molecule has 0 aliphatic heterocycles. The van der Waals surface area contributed by atoms with E-state index in [1.807, 2.05) is 19.1 Å². The highest BCUT2D eigenvalue weighted by Crippen LogP contribution is 2.33. The Morgan fingerprint density at radius 3 is 2.24 bits per heavy atom. The molecular formula is C16H22O4S. The third-order valence-corrected chi connectivity index (χ3v) is 6.63. The standard InChI is InChI=1S/C16H22O4S/c1-12-2-7-14(8-3-12)21(19,20)15-9-4-13(5-10-15)6-11-16(17)18/h2-3,7-8,13,15H,4-6,9-11H2,1H3,(H,17,18). The van der Waals surface area contributed by atoms with E-state index in [-0.39, 0.29) is 11.7 Å². The average Bonchev–Trinajstić information content (AvgIpc) is 2.46. The second kappa shape index (κ2) is 6.60. The zero-order chi connectivity index (χ0) is 15.5. The molecule has 0 aromatic heterocycles. The highest BCUT2D eigenvalue weighted by Gasteiger charge is 2.31. The monoisotopic (exact) mass is 310 g/mol. The van der Waals surface area contributed by atoms with Gasteiger partial charge in [0, 0.05) is 6.42 Å². The van der Waals surface area contributed by atoms with E-state index in [1.165, 1.54) is 0 Å². The van der Waals surface area contributed by atoms with Crippen LogP contribution in [0.3, 0.4) is 0 Å². The first-order valence-corrected chi connectivity index (χ1v) is 8.96. The van der Waals surface area contributed by atoms with Gasteiger partial charge in [0.15, 0.2) is 9.84 Å². The van der Waals surface area contributed by atoms with Crippen molar-refractivity contribution in [2.75, 3.05) is 0 Å². The van der Waals surface area contributed by atoms with Gasteiger partial charge in [-0.25, -0.2) is 8.42 Å². The van der Waals surface area contributed by atoms with Gasteiger partial charge < -0.3 is 5.11 Å². The number of carboxylic acid groups (broad SMARTS) is 1. The number of rotatable bonds is 5. The zero-order valence-corrected chi connectivity index (χ0v) is 13.1. The summed E-state index contributed by atoms with van der Waals surface area (Å²) in [4.78, 5) is 11.0. The maximum Gasteiger partial charge on any atom is 0.303 e. The molecule has 116 valence electrons. The van der Waals surface area contributed by atoms with Crippen LogP contribution >= 0.6 is 0 Å². The fourth-order valence-electron chi connectivity index (χ4n) is 2.98. The topological polar surface area (TPSA) is 71.4 Å². The fourth-order valence-corrected chi connectivity index (χ4v) is 4.77. The summed E-state index contributed by atoms with van der Waals surface area (Å²) in [5.41, 5.74) is 1.05. The molecule has 0 spiro atoms. The third-order valence-electron chi connectivity index (χ3n) is 4.35. The molecule has 0 bridgehead atoms. The Labute approximate surface area is 126 Å². The Morgan fingerprint density at radius 1 is 1.14 bits per heavy atom. The van der Waals surface area contributed by atoms with Crippen molar-refractivity contribution in [3.05, 3.63) is 29.8 Å². The van der Waals surface area contributed by atoms with Gasteiger partial charge in [0.2, 0.25) is 0 Å². The van der Waals surface area contributed by atoms with E-state index >= 15 is 0 Å². The number of aryl methyl sites for hydroxylation is 1. The van der Waals surface area contributed by atoms with Crippen LogP contribution in [0.1, 0.15) is 44.1 Å². The normalized spacial score (nSPS) is 22.9. The first-order valence-electron chi connectivity index (χ1n) is 7.42. The highest BCUT2D eigenvalue weighted by atomic mass is 32.2. The van der Waals surface area contributed by atoms with Gasteiger partial charge in [-0.2, -0.15) is 0 Å². The second-order valence-electron chi connectivity index (χ2n) is 5.93. The number of sulfone groups is 1. The van der Waals surface area contributed by atoms with Crippen LogP contribution in [0.25, 0.3) is 0 Å². The Bertz CT molecular complexity index is 581. The van der Waals surface area contributed by atoms with Gasteiger partial charge in [0.1, 0.15) is 0 Å². The molecule has 0 unspecified atom stereocenters. The molecule has 1 aromatic carbocycles. The largest absolute Gasteiger partial charge is 0.481 e. The van der Waals surface area contributed by atoms with Gasteiger partial charge in [0.05, 0.1) is 10.1 Å². The summed E-state index contributed by atoms with van der Waals surface area (Å²) in [6.45, 7) is 1.93. The molecule has 0 heterocycles. The summed E-state index contributed by atoms with van der Waals surface area (Å²) < 4.78 is 25.2. The summed E-state index contributed by atoms with van der Waals surface area (Å²) in [5, 5.41) is 8.38. The lowest BCUT2D eigenvalue weighted by atomic mass is 9.86.